The van der Waals surface area contributed by atoms with Gasteiger partial charge in [-0.15, -0.1) is 11.3 Å². The first-order valence-electron chi connectivity index (χ1n) is 6.14. The minimum absolute atomic E-state index is 0.128. The molecule has 0 aliphatic rings. The van der Waals surface area contributed by atoms with E-state index in [0.29, 0.717) is 5.92 Å². The van der Waals surface area contributed by atoms with Crippen LogP contribution in [0.1, 0.15) is 24.9 Å². The van der Waals surface area contributed by atoms with Gasteiger partial charge in [-0.25, -0.2) is 0 Å². The summed E-state index contributed by atoms with van der Waals surface area (Å²) in [7, 11) is 1.99. The van der Waals surface area contributed by atoms with Crippen molar-refractivity contribution in [1.29, 1.82) is 0 Å². The van der Waals surface area contributed by atoms with Gasteiger partial charge in [-0.3, -0.25) is 0 Å². The molecular formula is C14H20N2S. The molecule has 0 spiro atoms. The van der Waals surface area contributed by atoms with Gasteiger partial charge in [0.1, 0.15) is 0 Å². The van der Waals surface area contributed by atoms with Crippen molar-refractivity contribution in [2.24, 2.45) is 11.7 Å². The predicted molar refractivity (Wildman–Crippen MR) is 76.5 cm³/mol. The van der Waals surface area contributed by atoms with Gasteiger partial charge in [0.2, 0.25) is 0 Å². The predicted octanol–water partition coefficient (Wildman–Crippen LogP) is 3.15. The molecule has 17 heavy (non-hydrogen) atoms. The Kier molecular flexibility index (Phi) is 4.15. The first kappa shape index (κ1) is 12.6. The van der Waals surface area contributed by atoms with Crippen LogP contribution < -0.4 is 11.1 Å². The molecule has 2 nitrogen and oxygen atoms in total. The number of rotatable bonds is 5. The normalized spacial score (nSPS) is 15.0. The van der Waals surface area contributed by atoms with Gasteiger partial charge in [0, 0.05) is 10.7 Å². The Morgan fingerprint density at radius 1 is 1.35 bits per heavy atom. The van der Waals surface area contributed by atoms with Crippen molar-refractivity contribution < 1.29 is 0 Å². The topological polar surface area (TPSA) is 38.0 Å². The maximum absolute atomic E-state index is 6.41. The summed E-state index contributed by atoms with van der Waals surface area (Å²) in [5.41, 5.74) is 7.71. The standard InChI is InChI=1S/C14H20N2S/c1-3-10(8-16-2)14(15)12-9-17-13-7-5-4-6-11(12)13/h4-7,9-10,14,16H,3,8,15H2,1-2H3. The van der Waals surface area contributed by atoms with Gasteiger partial charge in [0.25, 0.3) is 0 Å². The number of nitrogens with two attached hydrogens (primary N) is 1. The summed E-state index contributed by atoms with van der Waals surface area (Å²) in [6.45, 7) is 3.18. The highest BCUT2D eigenvalue weighted by atomic mass is 32.1. The summed E-state index contributed by atoms with van der Waals surface area (Å²) in [6.07, 6.45) is 1.10. The van der Waals surface area contributed by atoms with E-state index in [1.54, 1.807) is 11.3 Å². The highest BCUT2D eigenvalue weighted by molar-refractivity contribution is 7.17. The van der Waals surface area contributed by atoms with E-state index in [4.69, 9.17) is 5.73 Å². The molecule has 0 amide bonds. The molecule has 2 aromatic rings. The Balaban J connectivity index is 2.32. The first-order valence-corrected chi connectivity index (χ1v) is 7.02. The molecule has 0 radical (unpaired) electrons. The van der Waals surface area contributed by atoms with Gasteiger partial charge in [-0.1, -0.05) is 31.5 Å². The largest absolute Gasteiger partial charge is 0.324 e. The van der Waals surface area contributed by atoms with Crippen molar-refractivity contribution in [3.8, 4) is 0 Å². The summed E-state index contributed by atoms with van der Waals surface area (Å²) < 4.78 is 1.33. The second kappa shape index (κ2) is 5.63. The summed E-state index contributed by atoms with van der Waals surface area (Å²) in [4.78, 5) is 0. The summed E-state index contributed by atoms with van der Waals surface area (Å²) in [5.74, 6) is 0.498. The smallest absolute Gasteiger partial charge is 0.0350 e. The van der Waals surface area contributed by atoms with Crippen molar-refractivity contribution in [3.63, 3.8) is 0 Å². The lowest BCUT2D eigenvalue weighted by Crippen LogP contribution is -2.29. The Morgan fingerprint density at radius 3 is 2.82 bits per heavy atom. The molecule has 0 bridgehead atoms. The quantitative estimate of drug-likeness (QED) is 0.853. The van der Waals surface area contributed by atoms with Gasteiger partial charge in [0.05, 0.1) is 0 Å². The lowest BCUT2D eigenvalue weighted by molar-refractivity contribution is 0.405. The third-order valence-electron chi connectivity index (χ3n) is 3.37. The van der Waals surface area contributed by atoms with Crippen LogP contribution in [-0.2, 0) is 0 Å². The van der Waals surface area contributed by atoms with Crippen LogP contribution in [0.4, 0.5) is 0 Å². The maximum atomic E-state index is 6.41. The van der Waals surface area contributed by atoms with Crippen molar-refractivity contribution >= 4 is 21.4 Å². The van der Waals surface area contributed by atoms with Gasteiger partial charge >= 0.3 is 0 Å². The Morgan fingerprint density at radius 2 is 2.12 bits per heavy atom. The van der Waals surface area contributed by atoms with Crippen LogP contribution in [0.3, 0.4) is 0 Å². The molecule has 1 heterocycles. The van der Waals surface area contributed by atoms with Crippen LogP contribution in [-0.4, -0.2) is 13.6 Å². The van der Waals surface area contributed by atoms with Crippen LogP contribution in [0, 0.1) is 5.92 Å². The molecule has 3 heteroatoms. The zero-order valence-electron chi connectivity index (χ0n) is 10.4. The van der Waals surface area contributed by atoms with Crippen LogP contribution in [0.5, 0.6) is 0 Å². The zero-order valence-corrected chi connectivity index (χ0v) is 11.3. The van der Waals surface area contributed by atoms with Crippen LogP contribution >= 0.6 is 11.3 Å². The van der Waals surface area contributed by atoms with Gasteiger partial charge in [0.15, 0.2) is 0 Å². The fourth-order valence-electron chi connectivity index (χ4n) is 2.30. The third-order valence-corrected chi connectivity index (χ3v) is 4.35. The highest BCUT2D eigenvalue weighted by Gasteiger charge is 2.19. The number of benzene rings is 1. The second-order valence-corrected chi connectivity index (χ2v) is 5.35. The van der Waals surface area contributed by atoms with E-state index in [0.717, 1.165) is 13.0 Å². The van der Waals surface area contributed by atoms with Crippen molar-refractivity contribution in [3.05, 3.63) is 35.2 Å². The second-order valence-electron chi connectivity index (χ2n) is 4.44. The van der Waals surface area contributed by atoms with E-state index in [1.807, 2.05) is 7.05 Å². The lowest BCUT2D eigenvalue weighted by atomic mass is 9.91. The molecule has 0 aliphatic heterocycles. The average Bonchev–Trinajstić information content (AvgIpc) is 2.79. The maximum Gasteiger partial charge on any atom is 0.0350 e. The Hall–Kier alpha value is -0.900. The summed E-state index contributed by atoms with van der Waals surface area (Å²) >= 11 is 1.79. The number of hydrogen-bond donors (Lipinski definition) is 2. The van der Waals surface area contributed by atoms with Gasteiger partial charge in [-0.2, -0.15) is 0 Å². The van der Waals surface area contributed by atoms with Crippen molar-refractivity contribution in [2.75, 3.05) is 13.6 Å². The van der Waals surface area contributed by atoms with Crippen LogP contribution in [0.15, 0.2) is 29.6 Å². The minimum atomic E-state index is 0.128. The summed E-state index contributed by atoms with van der Waals surface area (Å²) in [5, 5.41) is 6.77. The summed E-state index contributed by atoms with van der Waals surface area (Å²) in [6, 6.07) is 8.63. The van der Waals surface area contributed by atoms with Crippen LogP contribution in [0.2, 0.25) is 0 Å². The van der Waals surface area contributed by atoms with Gasteiger partial charge in [-0.05, 0) is 41.9 Å². The van der Waals surface area contributed by atoms with E-state index in [9.17, 15) is 0 Å². The molecule has 2 atom stereocenters. The molecular weight excluding hydrogens is 228 g/mol. The first-order chi connectivity index (χ1) is 8.27. The molecule has 1 aromatic heterocycles. The third kappa shape index (κ3) is 2.51. The molecule has 0 aliphatic carbocycles. The molecule has 2 rings (SSSR count). The highest BCUT2D eigenvalue weighted by Crippen LogP contribution is 2.33. The lowest BCUT2D eigenvalue weighted by Gasteiger charge is -2.22. The molecule has 0 saturated carbocycles. The average molecular weight is 248 g/mol. The fraction of sp³-hybridized carbons (Fsp3) is 0.429. The van der Waals surface area contributed by atoms with Crippen molar-refractivity contribution in [1.82, 2.24) is 5.32 Å². The molecule has 92 valence electrons. The zero-order chi connectivity index (χ0) is 12.3. The number of fused-ring (bicyclic) bond motifs is 1. The Bertz CT molecular complexity index is 478. The molecule has 3 N–H and O–H groups in total. The minimum Gasteiger partial charge on any atom is -0.324 e. The van der Waals surface area contributed by atoms with E-state index in [1.165, 1.54) is 15.6 Å². The van der Waals surface area contributed by atoms with E-state index < -0.39 is 0 Å². The van der Waals surface area contributed by atoms with Gasteiger partial charge < -0.3 is 11.1 Å². The molecule has 0 fully saturated rings. The molecule has 2 unspecified atom stereocenters. The van der Waals surface area contributed by atoms with Crippen molar-refractivity contribution in [2.45, 2.75) is 19.4 Å². The monoisotopic (exact) mass is 248 g/mol. The van der Waals surface area contributed by atoms with E-state index >= 15 is 0 Å². The number of hydrogen-bond acceptors (Lipinski definition) is 3. The fourth-order valence-corrected chi connectivity index (χ4v) is 3.31. The van der Waals surface area contributed by atoms with E-state index in [-0.39, 0.29) is 6.04 Å². The Labute approximate surface area is 107 Å². The van der Waals surface area contributed by atoms with Crippen LogP contribution in [0.25, 0.3) is 10.1 Å². The molecule has 0 saturated heterocycles. The SMILES string of the molecule is CCC(CNC)C(N)c1csc2ccccc12. The number of thiophene rings is 1. The molecule has 1 aromatic carbocycles. The van der Waals surface area contributed by atoms with E-state index in [2.05, 4.69) is 41.9 Å². The number of nitrogens with one attached hydrogen (secondary N) is 1.